The second-order valence-electron chi connectivity index (χ2n) is 6.19. The van der Waals surface area contributed by atoms with Crippen LogP contribution in [-0.4, -0.2) is 25.0 Å². The number of pyridine rings is 1. The molecule has 1 N–H and O–H groups in total. The number of rotatable bonds is 4. The normalized spacial score (nSPS) is 10.8. The molecule has 2 aromatic carbocycles. The molecule has 0 fully saturated rings. The zero-order valence-electron chi connectivity index (χ0n) is 15.3. The number of benzene rings is 2. The maximum atomic E-state index is 13.3. The molecule has 2 aromatic heterocycles. The van der Waals surface area contributed by atoms with Gasteiger partial charge in [-0.05, 0) is 48.0 Å². The van der Waals surface area contributed by atoms with Crippen molar-refractivity contribution in [3.63, 3.8) is 0 Å². The Labute approximate surface area is 160 Å². The Kier molecular flexibility index (Phi) is 4.53. The molecule has 0 aliphatic heterocycles. The van der Waals surface area contributed by atoms with Crippen molar-refractivity contribution < 1.29 is 18.3 Å². The minimum atomic E-state index is -0.351. The number of carbonyl (C=O) groups excluding carboxylic acids is 1. The lowest BCUT2D eigenvalue weighted by molar-refractivity contribution is 0.0964. The standard InChI is InChI=1S/C22H17FN2O3/c1-24-22(26)20-17-11-14(15-6-10-19(27-2)25-12-15)5-9-18(17)28-21(20)13-3-7-16(23)8-4-13/h3-12H,1-2H3,(H,24,26). The largest absolute Gasteiger partial charge is 0.481 e. The van der Waals surface area contributed by atoms with E-state index in [1.54, 1.807) is 38.6 Å². The molecule has 0 atom stereocenters. The van der Waals surface area contributed by atoms with Gasteiger partial charge in [0.15, 0.2) is 0 Å². The molecule has 0 aliphatic carbocycles. The maximum Gasteiger partial charge on any atom is 0.255 e. The number of carbonyl (C=O) groups is 1. The van der Waals surface area contributed by atoms with Crippen LogP contribution in [0.2, 0.25) is 0 Å². The fraction of sp³-hybridized carbons (Fsp3) is 0.0909. The van der Waals surface area contributed by atoms with Crippen molar-refractivity contribution in [1.82, 2.24) is 10.3 Å². The molecule has 0 saturated carbocycles. The molecule has 0 radical (unpaired) electrons. The molecule has 6 heteroatoms. The molecule has 2 heterocycles. The SMILES string of the molecule is CNC(=O)c1c(-c2ccc(F)cc2)oc2ccc(-c3ccc(OC)nc3)cc12. The summed E-state index contributed by atoms with van der Waals surface area (Å²) in [5.74, 6) is 0.302. The predicted molar refractivity (Wildman–Crippen MR) is 105 cm³/mol. The van der Waals surface area contributed by atoms with E-state index in [2.05, 4.69) is 10.3 Å². The van der Waals surface area contributed by atoms with E-state index in [0.29, 0.717) is 33.7 Å². The van der Waals surface area contributed by atoms with Gasteiger partial charge < -0.3 is 14.5 Å². The number of halogens is 1. The van der Waals surface area contributed by atoms with Gasteiger partial charge in [-0.2, -0.15) is 0 Å². The van der Waals surface area contributed by atoms with Gasteiger partial charge in [-0.3, -0.25) is 4.79 Å². The summed E-state index contributed by atoms with van der Waals surface area (Å²) >= 11 is 0. The Morgan fingerprint density at radius 2 is 1.75 bits per heavy atom. The van der Waals surface area contributed by atoms with Gasteiger partial charge in [0.2, 0.25) is 5.88 Å². The van der Waals surface area contributed by atoms with Crippen LogP contribution in [0, 0.1) is 5.82 Å². The molecule has 0 unspecified atom stereocenters. The Morgan fingerprint density at radius 3 is 2.39 bits per heavy atom. The van der Waals surface area contributed by atoms with Gasteiger partial charge >= 0.3 is 0 Å². The van der Waals surface area contributed by atoms with Crippen molar-refractivity contribution in [2.24, 2.45) is 0 Å². The Morgan fingerprint density at radius 1 is 1.04 bits per heavy atom. The van der Waals surface area contributed by atoms with Crippen molar-refractivity contribution in [2.45, 2.75) is 0 Å². The highest BCUT2D eigenvalue weighted by atomic mass is 19.1. The van der Waals surface area contributed by atoms with Crippen LogP contribution < -0.4 is 10.1 Å². The van der Waals surface area contributed by atoms with Crippen molar-refractivity contribution in [3.05, 3.63) is 72.2 Å². The first-order valence-corrected chi connectivity index (χ1v) is 8.65. The van der Waals surface area contributed by atoms with Crippen LogP contribution in [0.5, 0.6) is 5.88 Å². The summed E-state index contributed by atoms with van der Waals surface area (Å²) in [5.41, 5.74) is 3.38. The predicted octanol–water partition coefficient (Wildman–Crippen LogP) is 4.67. The molecule has 0 aliphatic rings. The number of ether oxygens (including phenoxy) is 1. The van der Waals surface area contributed by atoms with Crippen LogP contribution in [0.3, 0.4) is 0 Å². The van der Waals surface area contributed by atoms with E-state index in [0.717, 1.165) is 11.1 Å². The van der Waals surface area contributed by atoms with Gasteiger partial charge in [0.05, 0.1) is 12.7 Å². The summed E-state index contributed by atoms with van der Waals surface area (Å²) in [6.45, 7) is 0. The third-order valence-corrected chi connectivity index (χ3v) is 4.53. The molecule has 4 aromatic rings. The summed E-state index contributed by atoms with van der Waals surface area (Å²) in [6.07, 6.45) is 1.71. The van der Waals surface area contributed by atoms with Crippen molar-refractivity contribution in [2.75, 3.05) is 14.2 Å². The second-order valence-corrected chi connectivity index (χ2v) is 6.19. The Bertz CT molecular complexity index is 1150. The van der Waals surface area contributed by atoms with E-state index >= 15 is 0 Å². The summed E-state index contributed by atoms with van der Waals surface area (Å²) < 4.78 is 24.4. The second kappa shape index (κ2) is 7.15. The fourth-order valence-electron chi connectivity index (χ4n) is 3.10. The number of furan rings is 1. The number of fused-ring (bicyclic) bond motifs is 1. The smallest absolute Gasteiger partial charge is 0.255 e. The van der Waals surface area contributed by atoms with Crippen molar-refractivity contribution >= 4 is 16.9 Å². The van der Waals surface area contributed by atoms with Crippen LogP contribution >= 0.6 is 0 Å². The Hall–Kier alpha value is -3.67. The summed E-state index contributed by atoms with van der Waals surface area (Å²) in [7, 11) is 3.12. The van der Waals surface area contributed by atoms with E-state index in [1.165, 1.54) is 12.1 Å². The highest BCUT2D eigenvalue weighted by Crippen LogP contribution is 2.36. The van der Waals surface area contributed by atoms with E-state index in [-0.39, 0.29) is 11.7 Å². The summed E-state index contributed by atoms with van der Waals surface area (Å²) in [6, 6.07) is 15.1. The number of nitrogens with one attached hydrogen (secondary N) is 1. The van der Waals surface area contributed by atoms with Crippen LogP contribution in [0.25, 0.3) is 33.4 Å². The lowest BCUT2D eigenvalue weighted by Crippen LogP contribution is -2.18. The number of hydrogen-bond acceptors (Lipinski definition) is 4. The van der Waals surface area contributed by atoms with Crippen LogP contribution in [0.4, 0.5) is 4.39 Å². The van der Waals surface area contributed by atoms with Crippen LogP contribution in [-0.2, 0) is 0 Å². The quantitative estimate of drug-likeness (QED) is 0.562. The van der Waals surface area contributed by atoms with E-state index in [9.17, 15) is 9.18 Å². The van der Waals surface area contributed by atoms with Crippen molar-refractivity contribution in [3.8, 4) is 28.3 Å². The fourth-order valence-corrected chi connectivity index (χ4v) is 3.10. The average Bonchev–Trinajstić information content (AvgIpc) is 3.12. The minimum absolute atomic E-state index is 0.275. The van der Waals surface area contributed by atoms with Gasteiger partial charge in [-0.15, -0.1) is 0 Å². The van der Waals surface area contributed by atoms with E-state index in [4.69, 9.17) is 9.15 Å². The number of methoxy groups -OCH3 is 1. The lowest BCUT2D eigenvalue weighted by atomic mass is 10.0. The van der Waals surface area contributed by atoms with Crippen molar-refractivity contribution in [1.29, 1.82) is 0 Å². The third-order valence-electron chi connectivity index (χ3n) is 4.53. The molecule has 0 bridgehead atoms. The first-order chi connectivity index (χ1) is 13.6. The maximum absolute atomic E-state index is 13.3. The van der Waals surface area contributed by atoms with E-state index < -0.39 is 0 Å². The minimum Gasteiger partial charge on any atom is -0.481 e. The molecular formula is C22H17FN2O3. The monoisotopic (exact) mass is 376 g/mol. The first kappa shape index (κ1) is 17.7. The molecule has 28 heavy (non-hydrogen) atoms. The van der Waals surface area contributed by atoms with Crippen LogP contribution in [0.1, 0.15) is 10.4 Å². The number of amides is 1. The molecular weight excluding hydrogens is 359 g/mol. The number of aromatic nitrogens is 1. The van der Waals surface area contributed by atoms with Crippen LogP contribution in [0.15, 0.2) is 65.2 Å². The van der Waals surface area contributed by atoms with Gasteiger partial charge in [0.25, 0.3) is 5.91 Å². The zero-order chi connectivity index (χ0) is 19.7. The molecule has 1 amide bonds. The Balaban J connectivity index is 1.89. The number of hydrogen-bond donors (Lipinski definition) is 1. The zero-order valence-corrected chi connectivity index (χ0v) is 15.3. The van der Waals surface area contributed by atoms with Gasteiger partial charge in [0, 0.05) is 35.8 Å². The average molecular weight is 376 g/mol. The molecule has 0 saturated heterocycles. The molecule has 140 valence electrons. The summed E-state index contributed by atoms with van der Waals surface area (Å²) in [4.78, 5) is 16.8. The molecule has 0 spiro atoms. The third kappa shape index (κ3) is 3.09. The first-order valence-electron chi connectivity index (χ1n) is 8.65. The van der Waals surface area contributed by atoms with Gasteiger partial charge in [-0.1, -0.05) is 6.07 Å². The van der Waals surface area contributed by atoms with Gasteiger partial charge in [-0.25, -0.2) is 9.37 Å². The topological polar surface area (TPSA) is 64.4 Å². The number of nitrogens with zero attached hydrogens (tertiary/aromatic N) is 1. The highest BCUT2D eigenvalue weighted by molar-refractivity contribution is 6.11. The van der Waals surface area contributed by atoms with E-state index in [1.807, 2.05) is 24.3 Å². The molecule has 4 rings (SSSR count). The van der Waals surface area contributed by atoms with Gasteiger partial charge in [0.1, 0.15) is 17.2 Å². The summed E-state index contributed by atoms with van der Waals surface area (Å²) in [5, 5.41) is 3.33. The lowest BCUT2D eigenvalue weighted by Gasteiger charge is -2.04. The highest BCUT2D eigenvalue weighted by Gasteiger charge is 2.22. The molecule has 5 nitrogen and oxygen atoms in total.